The van der Waals surface area contributed by atoms with E-state index in [0.29, 0.717) is 12.0 Å². The molecule has 2 saturated heterocycles. The normalized spacial score (nSPS) is 25.6. The zero-order valence-electron chi connectivity index (χ0n) is 13.1. The molecule has 0 spiro atoms. The maximum atomic E-state index is 11.7. The van der Waals surface area contributed by atoms with Gasteiger partial charge in [0.25, 0.3) is 0 Å². The Balaban J connectivity index is 1.63. The zero-order valence-corrected chi connectivity index (χ0v) is 13.1. The number of rotatable bonds is 3. The number of ether oxygens (including phenoxy) is 1. The molecule has 1 atom stereocenters. The van der Waals surface area contributed by atoms with Crippen molar-refractivity contribution < 1.29 is 9.53 Å². The molecule has 2 rings (SSSR count). The Morgan fingerprint density at radius 1 is 1.25 bits per heavy atom. The van der Waals surface area contributed by atoms with Crippen LogP contribution in [0.15, 0.2) is 0 Å². The molecule has 116 valence electrons. The molecule has 5 heteroatoms. The Hall–Kier alpha value is -0.810. The van der Waals surface area contributed by atoms with Crippen molar-refractivity contribution in [3.8, 4) is 0 Å². The first-order chi connectivity index (χ1) is 9.44. The summed E-state index contributed by atoms with van der Waals surface area (Å²) in [6.07, 6.45) is 3.52. The Kier molecular flexibility index (Phi) is 5.27. The third kappa shape index (κ3) is 4.94. The van der Waals surface area contributed by atoms with Gasteiger partial charge in [-0.05, 0) is 59.0 Å². The van der Waals surface area contributed by atoms with Gasteiger partial charge in [-0.25, -0.2) is 4.79 Å². The highest BCUT2D eigenvalue weighted by molar-refractivity contribution is 5.74. The van der Waals surface area contributed by atoms with Crippen molar-refractivity contribution >= 4 is 6.03 Å². The number of carbonyl (C=O) groups excluding carboxylic acids is 1. The van der Waals surface area contributed by atoms with Crippen molar-refractivity contribution in [3.05, 3.63) is 0 Å². The van der Waals surface area contributed by atoms with Gasteiger partial charge in [0, 0.05) is 24.7 Å². The fraction of sp³-hybridized carbons (Fsp3) is 0.933. The largest absolute Gasteiger partial charge is 0.380 e. The number of piperidine rings is 1. The highest BCUT2D eigenvalue weighted by atomic mass is 16.5. The van der Waals surface area contributed by atoms with E-state index in [1.54, 1.807) is 0 Å². The minimum absolute atomic E-state index is 0.0517. The van der Waals surface area contributed by atoms with Crippen molar-refractivity contribution in [1.29, 1.82) is 0 Å². The quantitative estimate of drug-likeness (QED) is 0.827. The van der Waals surface area contributed by atoms with E-state index in [0.717, 1.165) is 32.8 Å². The van der Waals surface area contributed by atoms with Gasteiger partial charge in [-0.1, -0.05) is 0 Å². The number of hydrogen-bond donors (Lipinski definition) is 2. The molecule has 0 aromatic carbocycles. The van der Waals surface area contributed by atoms with Crippen molar-refractivity contribution in [2.75, 3.05) is 32.8 Å². The highest BCUT2D eigenvalue weighted by Crippen LogP contribution is 2.21. The SMILES string of the molecule is CC(C)(C)NC(=O)NCC1CCN([C@@H]2CCOC2)CC1. The zero-order chi connectivity index (χ0) is 14.6. The molecular formula is C15H29N3O2. The minimum atomic E-state index is -0.171. The summed E-state index contributed by atoms with van der Waals surface area (Å²) in [6, 6.07) is 0.581. The molecule has 2 aliphatic heterocycles. The Morgan fingerprint density at radius 3 is 2.50 bits per heavy atom. The van der Waals surface area contributed by atoms with E-state index in [9.17, 15) is 4.79 Å². The molecule has 0 aliphatic carbocycles. The first kappa shape index (κ1) is 15.6. The fourth-order valence-electron chi connectivity index (χ4n) is 2.95. The van der Waals surface area contributed by atoms with E-state index in [1.807, 2.05) is 20.8 Å². The molecule has 0 bridgehead atoms. The van der Waals surface area contributed by atoms with Crippen LogP contribution >= 0.6 is 0 Å². The second kappa shape index (κ2) is 6.76. The van der Waals surface area contributed by atoms with Gasteiger partial charge in [-0.3, -0.25) is 4.90 Å². The van der Waals surface area contributed by atoms with Crippen LogP contribution < -0.4 is 10.6 Å². The minimum Gasteiger partial charge on any atom is -0.380 e. The van der Waals surface area contributed by atoms with Crippen LogP contribution in [0.5, 0.6) is 0 Å². The average molecular weight is 283 g/mol. The monoisotopic (exact) mass is 283 g/mol. The summed E-state index contributed by atoms with van der Waals surface area (Å²) in [6.45, 7) is 10.9. The Bertz CT molecular complexity index is 314. The molecule has 5 nitrogen and oxygen atoms in total. The van der Waals surface area contributed by atoms with Gasteiger partial charge < -0.3 is 15.4 Å². The Labute approximate surface area is 122 Å². The maximum Gasteiger partial charge on any atom is 0.315 e. The van der Waals surface area contributed by atoms with Gasteiger partial charge in [-0.15, -0.1) is 0 Å². The lowest BCUT2D eigenvalue weighted by Gasteiger charge is -2.35. The topological polar surface area (TPSA) is 53.6 Å². The van der Waals surface area contributed by atoms with Gasteiger partial charge in [-0.2, -0.15) is 0 Å². The average Bonchev–Trinajstić information content (AvgIpc) is 2.89. The third-order valence-electron chi connectivity index (χ3n) is 4.11. The van der Waals surface area contributed by atoms with E-state index in [4.69, 9.17) is 4.74 Å². The summed E-state index contributed by atoms with van der Waals surface area (Å²) in [7, 11) is 0. The van der Waals surface area contributed by atoms with E-state index >= 15 is 0 Å². The predicted octanol–water partition coefficient (Wildman–Crippen LogP) is 1.58. The molecule has 2 amide bonds. The van der Waals surface area contributed by atoms with Crippen molar-refractivity contribution in [1.82, 2.24) is 15.5 Å². The standard InChI is InChI=1S/C15H29N3O2/c1-15(2,3)17-14(19)16-10-12-4-7-18(8-5-12)13-6-9-20-11-13/h12-13H,4-11H2,1-3H3,(H2,16,17,19)/t13-/m1/s1. The first-order valence-corrected chi connectivity index (χ1v) is 7.82. The summed E-state index contributed by atoms with van der Waals surface area (Å²) in [5.74, 6) is 0.610. The van der Waals surface area contributed by atoms with Gasteiger partial charge >= 0.3 is 6.03 Å². The molecule has 2 fully saturated rings. The molecule has 0 aromatic heterocycles. The summed E-state index contributed by atoms with van der Waals surface area (Å²) in [4.78, 5) is 14.3. The fourth-order valence-corrected chi connectivity index (χ4v) is 2.95. The van der Waals surface area contributed by atoms with E-state index in [-0.39, 0.29) is 11.6 Å². The van der Waals surface area contributed by atoms with Crippen LogP contribution in [0.2, 0.25) is 0 Å². The van der Waals surface area contributed by atoms with Gasteiger partial charge in [0.2, 0.25) is 0 Å². The molecule has 0 unspecified atom stereocenters. The molecule has 20 heavy (non-hydrogen) atoms. The van der Waals surface area contributed by atoms with Gasteiger partial charge in [0.05, 0.1) is 6.61 Å². The Morgan fingerprint density at radius 2 is 1.95 bits per heavy atom. The van der Waals surface area contributed by atoms with Crippen molar-refractivity contribution in [3.63, 3.8) is 0 Å². The van der Waals surface area contributed by atoms with Crippen LogP contribution in [0.1, 0.15) is 40.0 Å². The van der Waals surface area contributed by atoms with Crippen LogP contribution in [-0.2, 0) is 4.74 Å². The van der Waals surface area contributed by atoms with Gasteiger partial charge in [0.15, 0.2) is 0 Å². The van der Waals surface area contributed by atoms with Crippen LogP contribution in [0.3, 0.4) is 0 Å². The number of hydrogen-bond acceptors (Lipinski definition) is 3. The first-order valence-electron chi connectivity index (χ1n) is 7.82. The predicted molar refractivity (Wildman–Crippen MR) is 79.8 cm³/mol. The second-order valence-electron chi connectivity index (χ2n) is 7.08. The third-order valence-corrected chi connectivity index (χ3v) is 4.11. The number of nitrogens with one attached hydrogen (secondary N) is 2. The van der Waals surface area contributed by atoms with Crippen LogP contribution in [-0.4, -0.2) is 55.4 Å². The second-order valence-corrected chi connectivity index (χ2v) is 7.08. The van der Waals surface area contributed by atoms with Crippen LogP contribution in [0.25, 0.3) is 0 Å². The van der Waals surface area contributed by atoms with Crippen molar-refractivity contribution in [2.45, 2.75) is 51.6 Å². The molecule has 0 saturated carbocycles. The smallest absolute Gasteiger partial charge is 0.315 e. The molecule has 0 radical (unpaired) electrons. The van der Waals surface area contributed by atoms with Crippen molar-refractivity contribution in [2.24, 2.45) is 5.92 Å². The maximum absolute atomic E-state index is 11.7. The number of nitrogens with zero attached hydrogens (tertiary/aromatic N) is 1. The lowest BCUT2D eigenvalue weighted by Crippen LogP contribution is -2.49. The summed E-state index contributed by atoms with van der Waals surface area (Å²) >= 11 is 0. The van der Waals surface area contributed by atoms with E-state index in [1.165, 1.54) is 19.3 Å². The number of amides is 2. The number of carbonyl (C=O) groups is 1. The molecule has 0 aromatic rings. The van der Waals surface area contributed by atoms with Gasteiger partial charge in [0.1, 0.15) is 0 Å². The highest BCUT2D eigenvalue weighted by Gasteiger charge is 2.27. The van der Waals surface area contributed by atoms with Crippen LogP contribution in [0.4, 0.5) is 4.79 Å². The summed E-state index contributed by atoms with van der Waals surface area (Å²) in [5.41, 5.74) is -0.171. The lowest BCUT2D eigenvalue weighted by atomic mass is 9.95. The molecular weight excluding hydrogens is 254 g/mol. The molecule has 2 N–H and O–H groups in total. The summed E-state index contributed by atoms with van der Waals surface area (Å²) < 4.78 is 5.46. The number of urea groups is 1. The molecule has 2 aliphatic rings. The lowest BCUT2D eigenvalue weighted by molar-refractivity contribution is 0.110. The van der Waals surface area contributed by atoms with E-state index < -0.39 is 0 Å². The molecule has 2 heterocycles. The van der Waals surface area contributed by atoms with E-state index in [2.05, 4.69) is 15.5 Å². The van der Waals surface area contributed by atoms with Crippen LogP contribution in [0, 0.1) is 5.92 Å². The number of likely N-dealkylation sites (tertiary alicyclic amines) is 1. The summed E-state index contributed by atoms with van der Waals surface area (Å²) in [5, 5.41) is 5.94.